The standard InChI is InChI=1S/C19H28N2/c1-18(2)12-17(13-19(3,4)14-18)21-11-10-20(15-21)16-8-6-5-7-9-16/h5-11,17H,12-15H2,1-4H3. The van der Waals surface area contributed by atoms with Crippen molar-refractivity contribution >= 4 is 5.69 Å². The second kappa shape index (κ2) is 5.08. The van der Waals surface area contributed by atoms with Crippen LogP contribution in [-0.2, 0) is 0 Å². The Kier molecular flexibility index (Phi) is 3.51. The Morgan fingerprint density at radius 2 is 1.52 bits per heavy atom. The lowest BCUT2D eigenvalue weighted by molar-refractivity contribution is 0.0472. The zero-order valence-electron chi connectivity index (χ0n) is 13.8. The van der Waals surface area contributed by atoms with E-state index in [4.69, 9.17) is 0 Å². The molecule has 0 saturated heterocycles. The van der Waals surface area contributed by atoms with Gasteiger partial charge in [0.2, 0.25) is 0 Å². The summed E-state index contributed by atoms with van der Waals surface area (Å²) in [7, 11) is 0. The highest BCUT2D eigenvalue weighted by Gasteiger charge is 2.40. The zero-order valence-corrected chi connectivity index (χ0v) is 13.8. The van der Waals surface area contributed by atoms with E-state index in [0.717, 1.165) is 6.67 Å². The third-order valence-electron chi connectivity index (χ3n) is 4.84. The molecule has 3 rings (SSSR count). The van der Waals surface area contributed by atoms with Crippen molar-refractivity contribution in [2.45, 2.75) is 53.0 Å². The van der Waals surface area contributed by atoms with Crippen LogP contribution in [0.2, 0.25) is 0 Å². The maximum atomic E-state index is 2.54. The SMILES string of the molecule is CC1(C)CC(N2C=CN(c3ccccc3)C2)CC(C)(C)C1. The third-order valence-corrected chi connectivity index (χ3v) is 4.84. The molecule has 0 spiro atoms. The lowest BCUT2D eigenvalue weighted by Gasteiger charge is -2.47. The predicted molar refractivity (Wildman–Crippen MR) is 90.0 cm³/mol. The molecule has 0 atom stereocenters. The summed E-state index contributed by atoms with van der Waals surface area (Å²) in [5.41, 5.74) is 2.17. The molecule has 1 heterocycles. The average Bonchev–Trinajstić information content (AvgIpc) is 2.85. The Bertz CT molecular complexity index is 500. The molecule has 0 aromatic heterocycles. The Labute approximate surface area is 129 Å². The molecule has 0 radical (unpaired) electrons. The number of hydrogen-bond acceptors (Lipinski definition) is 2. The van der Waals surface area contributed by atoms with Gasteiger partial charge in [0, 0.05) is 24.1 Å². The number of anilines is 1. The van der Waals surface area contributed by atoms with E-state index in [9.17, 15) is 0 Å². The Hall–Kier alpha value is -1.44. The summed E-state index contributed by atoms with van der Waals surface area (Å²) in [5, 5.41) is 0. The molecule has 2 aliphatic rings. The van der Waals surface area contributed by atoms with Crippen LogP contribution in [0.5, 0.6) is 0 Å². The van der Waals surface area contributed by atoms with Crippen LogP contribution in [0.15, 0.2) is 42.7 Å². The fourth-order valence-electron chi connectivity index (χ4n) is 4.48. The summed E-state index contributed by atoms with van der Waals surface area (Å²) in [4.78, 5) is 4.88. The van der Waals surface area contributed by atoms with Crippen LogP contribution in [0.1, 0.15) is 47.0 Å². The molecular formula is C19H28N2. The first-order valence-corrected chi connectivity index (χ1v) is 8.11. The van der Waals surface area contributed by atoms with Crippen molar-refractivity contribution in [2.24, 2.45) is 10.8 Å². The molecule has 114 valence electrons. The van der Waals surface area contributed by atoms with Crippen LogP contribution in [-0.4, -0.2) is 17.6 Å². The third kappa shape index (κ3) is 3.25. The van der Waals surface area contributed by atoms with Crippen LogP contribution in [0.25, 0.3) is 0 Å². The molecule has 21 heavy (non-hydrogen) atoms. The molecule has 2 heteroatoms. The van der Waals surface area contributed by atoms with Crippen molar-refractivity contribution in [3.05, 3.63) is 42.7 Å². The van der Waals surface area contributed by atoms with E-state index in [1.165, 1.54) is 24.9 Å². The van der Waals surface area contributed by atoms with Crippen molar-refractivity contribution in [1.82, 2.24) is 4.90 Å². The number of nitrogens with zero attached hydrogens (tertiary/aromatic N) is 2. The van der Waals surface area contributed by atoms with Gasteiger partial charge < -0.3 is 9.80 Å². The Balaban J connectivity index is 1.71. The summed E-state index contributed by atoms with van der Waals surface area (Å²) in [6, 6.07) is 11.3. The normalized spacial score (nSPS) is 24.6. The van der Waals surface area contributed by atoms with E-state index in [1.54, 1.807) is 0 Å². The van der Waals surface area contributed by atoms with E-state index in [0.29, 0.717) is 16.9 Å². The van der Waals surface area contributed by atoms with Gasteiger partial charge in [0.05, 0.1) is 6.67 Å². The highest BCUT2D eigenvalue weighted by Crippen LogP contribution is 2.47. The van der Waals surface area contributed by atoms with Crippen LogP contribution < -0.4 is 4.90 Å². The second-order valence-corrected chi connectivity index (χ2v) is 8.33. The van der Waals surface area contributed by atoms with Gasteiger partial charge in [-0.05, 0) is 42.2 Å². The largest absolute Gasteiger partial charge is 0.355 e. The molecular weight excluding hydrogens is 256 g/mol. The van der Waals surface area contributed by atoms with E-state index in [2.05, 4.69) is 80.2 Å². The molecule has 2 nitrogen and oxygen atoms in total. The fraction of sp³-hybridized carbons (Fsp3) is 0.579. The lowest BCUT2D eigenvalue weighted by Crippen LogP contribution is -2.45. The maximum Gasteiger partial charge on any atom is 0.0944 e. The summed E-state index contributed by atoms with van der Waals surface area (Å²) in [6.45, 7) is 10.7. The lowest BCUT2D eigenvalue weighted by atomic mass is 9.63. The highest BCUT2D eigenvalue weighted by molar-refractivity contribution is 5.49. The first kappa shape index (κ1) is 14.5. The molecule has 1 aliphatic carbocycles. The van der Waals surface area contributed by atoms with Gasteiger partial charge in [0.1, 0.15) is 0 Å². The van der Waals surface area contributed by atoms with Gasteiger partial charge in [-0.15, -0.1) is 0 Å². The number of rotatable bonds is 2. The fourth-order valence-corrected chi connectivity index (χ4v) is 4.48. The zero-order chi connectivity index (χ0) is 15.1. The molecule has 1 aliphatic heterocycles. The summed E-state index contributed by atoms with van der Waals surface area (Å²) >= 11 is 0. The van der Waals surface area contributed by atoms with Gasteiger partial charge in [0.25, 0.3) is 0 Å². The maximum absolute atomic E-state index is 2.54. The molecule has 0 bridgehead atoms. The number of hydrogen-bond donors (Lipinski definition) is 0. The molecule has 1 saturated carbocycles. The van der Waals surface area contributed by atoms with Crippen LogP contribution in [0.3, 0.4) is 0 Å². The van der Waals surface area contributed by atoms with E-state index >= 15 is 0 Å². The Morgan fingerprint density at radius 3 is 2.14 bits per heavy atom. The van der Waals surface area contributed by atoms with E-state index < -0.39 is 0 Å². The smallest absolute Gasteiger partial charge is 0.0944 e. The van der Waals surface area contributed by atoms with Crippen molar-refractivity contribution < 1.29 is 0 Å². The van der Waals surface area contributed by atoms with Gasteiger partial charge in [-0.25, -0.2) is 0 Å². The topological polar surface area (TPSA) is 6.48 Å². The van der Waals surface area contributed by atoms with Crippen molar-refractivity contribution in [3.63, 3.8) is 0 Å². The average molecular weight is 284 g/mol. The highest BCUT2D eigenvalue weighted by atomic mass is 15.4. The first-order chi connectivity index (χ1) is 9.85. The monoisotopic (exact) mass is 284 g/mol. The van der Waals surface area contributed by atoms with E-state index in [1.807, 2.05) is 0 Å². The van der Waals surface area contributed by atoms with Gasteiger partial charge in [-0.3, -0.25) is 0 Å². The van der Waals surface area contributed by atoms with Crippen molar-refractivity contribution in [3.8, 4) is 0 Å². The van der Waals surface area contributed by atoms with Crippen molar-refractivity contribution in [2.75, 3.05) is 11.6 Å². The number of benzene rings is 1. The molecule has 1 aromatic rings. The summed E-state index contributed by atoms with van der Waals surface area (Å²) in [5.74, 6) is 0. The van der Waals surface area contributed by atoms with Gasteiger partial charge in [0.15, 0.2) is 0 Å². The molecule has 0 unspecified atom stereocenters. The van der Waals surface area contributed by atoms with Crippen molar-refractivity contribution in [1.29, 1.82) is 0 Å². The van der Waals surface area contributed by atoms with Crippen LogP contribution in [0, 0.1) is 10.8 Å². The molecule has 0 amide bonds. The molecule has 1 fully saturated rings. The quantitative estimate of drug-likeness (QED) is 0.766. The first-order valence-electron chi connectivity index (χ1n) is 8.11. The van der Waals surface area contributed by atoms with Crippen LogP contribution in [0.4, 0.5) is 5.69 Å². The number of para-hydroxylation sites is 1. The minimum atomic E-state index is 0.445. The molecule has 0 N–H and O–H groups in total. The summed E-state index contributed by atoms with van der Waals surface area (Å²) < 4.78 is 0. The van der Waals surface area contributed by atoms with Gasteiger partial charge in [-0.2, -0.15) is 0 Å². The van der Waals surface area contributed by atoms with Gasteiger partial charge >= 0.3 is 0 Å². The predicted octanol–water partition coefficient (Wildman–Crippen LogP) is 4.84. The van der Waals surface area contributed by atoms with E-state index in [-0.39, 0.29) is 0 Å². The minimum absolute atomic E-state index is 0.445. The second-order valence-electron chi connectivity index (χ2n) is 8.33. The van der Waals surface area contributed by atoms with Crippen LogP contribution >= 0.6 is 0 Å². The summed E-state index contributed by atoms with van der Waals surface area (Å²) in [6.07, 6.45) is 8.43. The molecule has 1 aromatic carbocycles. The minimum Gasteiger partial charge on any atom is -0.355 e. The van der Waals surface area contributed by atoms with Gasteiger partial charge in [-0.1, -0.05) is 45.9 Å². The Morgan fingerprint density at radius 1 is 0.905 bits per heavy atom.